The van der Waals surface area contributed by atoms with E-state index in [0.29, 0.717) is 19.0 Å². The molecule has 0 spiro atoms. The van der Waals surface area contributed by atoms with E-state index in [1.807, 2.05) is 27.7 Å². The first-order valence-electron chi connectivity index (χ1n) is 8.21. The van der Waals surface area contributed by atoms with Gasteiger partial charge in [0.15, 0.2) is 0 Å². The van der Waals surface area contributed by atoms with Gasteiger partial charge in [-0.25, -0.2) is 4.79 Å². The summed E-state index contributed by atoms with van der Waals surface area (Å²) in [5, 5.41) is 0. The van der Waals surface area contributed by atoms with Crippen molar-refractivity contribution in [3.8, 4) is 0 Å². The van der Waals surface area contributed by atoms with Crippen molar-refractivity contribution in [1.29, 1.82) is 0 Å². The van der Waals surface area contributed by atoms with Crippen LogP contribution < -0.4 is 0 Å². The number of carbonyl (C=O) groups excluding carboxylic acids is 1. The van der Waals surface area contributed by atoms with E-state index >= 15 is 0 Å². The van der Waals surface area contributed by atoms with Crippen molar-refractivity contribution < 1.29 is 14.3 Å². The van der Waals surface area contributed by atoms with Gasteiger partial charge in [-0.1, -0.05) is 36.4 Å². The molecule has 0 aromatic carbocycles. The van der Waals surface area contributed by atoms with Gasteiger partial charge in [-0.05, 0) is 53.4 Å². The SMILES string of the molecule is CCN(CC(C)(CI)OCCCC(C)C)C(=O)OC(C)(C)C. The highest BCUT2D eigenvalue weighted by atomic mass is 127. The van der Waals surface area contributed by atoms with E-state index in [1.54, 1.807) is 4.90 Å². The van der Waals surface area contributed by atoms with Crippen LogP contribution in [0.4, 0.5) is 4.79 Å². The van der Waals surface area contributed by atoms with Gasteiger partial charge in [-0.2, -0.15) is 0 Å². The predicted molar refractivity (Wildman–Crippen MR) is 101 cm³/mol. The van der Waals surface area contributed by atoms with Gasteiger partial charge in [0, 0.05) is 17.6 Å². The number of halogens is 1. The van der Waals surface area contributed by atoms with Crippen molar-refractivity contribution in [3.05, 3.63) is 0 Å². The van der Waals surface area contributed by atoms with Crippen molar-refractivity contribution in [1.82, 2.24) is 4.90 Å². The minimum Gasteiger partial charge on any atom is -0.444 e. The summed E-state index contributed by atoms with van der Waals surface area (Å²) in [6.07, 6.45) is 1.96. The molecule has 0 saturated heterocycles. The molecule has 0 aromatic rings. The molecule has 0 heterocycles. The van der Waals surface area contributed by atoms with Crippen molar-refractivity contribution in [2.45, 2.75) is 72.5 Å². The van der Waals surface area contributed by atoms with E-state index in [1.165, 1.54) is 6.42 Å². The first-order valence-corrected chi connectivity index (χ1v) is 9.73. The average molecular weight is 427 g/mol. The summed E-state index contributed by atoms with van der Waals surface area (Å²) < 4.78 is 12.4. The molecule has 1 atom stereocenters. The second kappa shape index (κ2) is 9.96. The molecule has 22 heavy (non-hydrogen) atoms. The zero-order valence-corrected chi connectivity index (χ0v) is 17.5. The number of amides is 1. The molecule has 0 N–H and O–H groups in total. The Balaban J connectivity index is 4.54. The van der Waals surface area contributed by atoms with Gasteiger partial charge in [0.1, 0.15) is 5.60 Å². The molecule has 0 rings (SSSR count). The Kier molecular flexibility index (Phi) is 9.94. The van der Waals surface area contributed by atoms with Crippen molar-refractivity contribution >= 4 is 28.7 Å². The summed E-state index contributed by atoms with van der Waals surface area (Å²) in [4.78, 5) is 14.0. The van der Waals surface area contributed by atoms with Gasteiger partial charge in [0.25, 0.3) is 0 Å². The Morgan fingerprint density at radius 1 is 1.23 bits per heavy atom. The molecule has 0 aliphatic rings. The lowest BCUT2D eigenvalue weighted by Gasteiger charge is -2.35. The summed E-state index contributed by atoms with van der Waals surface area (Å²) >= 11 is 2.33. The number of carbonyl (C=O) groups is 1. The van der Waals surface area contributed by atoms with E-state index < -0.39 is 5.60 Å². The second-order valence-electron chi connectivity index (χ2n) is 7.46. The Bertz CT molecular complexity index is 328. The van der Waals surface area contributed by atoms with E-state index in [2.05, 4.69) is 43.4 Å². The smallest absolute Gasteiger partial charge is 0.410 e. The Hall–Kier alpha value is -0.0400. The van der Waals surface area contributed by atoms with Gasteiger partial charge in [0.2, 0.25) is 0 Å². The van der Waals surface area contributed by atoms with Gasteiger partial charge < -0.3 is 14.4 Å². The quantitative estimate of drug-likeness (QED) is 0.299. The van der Waals surface area contributed by atoms with Crippen LogP contribution in [0.1, 0.15) is 61.3 Å². The van der Waals surface area contributed by atoms with Gasteiger partial charge in [-0.3, -0.25) is 0 Å². The molecule has 0 fully saturated rings. The molecular weight excluding hydrogens is 393 g/mol. The Morgan fingerprint density at radius 2 is 1.82 bits per heavy atom. The van der Waals surface area contributed by atoms with Crippen LogP contribution in [0.3, 0.4) is 0 Å². The number of ether oxygens (including phenoxy) is 2. The number of hydrogen-bond donors (Lipinski definition) is 0. The highest BCUT2D eigenvalue weighted by molar-refractivity contribution is 14.1. The van der Waals surface area contributed by atoms with Crippen LogP contribution in [0.5, 0.6) is 0 Å². The first-order chi connectivity index (χ1) is 10.0. The zero-order valence-electron chi connectivity index (χ0n) is 15.4. The van der Waals surface area contributed by atoms with Crippen LogP contribution >= 0.6 is 22.6 Å². The number of rotatable bonds is 9. The van der Waals surface area contributed by atoms with Crippen LogP contribution in [0.15, 0.2) is 0 Å². The van der Waals surface area contributed by atoms with Gasteiger partial charge >= 0.3 is 6.09 Å². The van der Waals surface area contributed by atoms with E-state index in [4.69, 9.17) is 9.47 Å². The Labute approximate surface area is 150 Å². The minimum absolute atomic E-state index is 0.267. The molecule has 0 aliphatic carbocycles. The van der Waals surface area contributed by atoms with Crippen LogP contribution in [0.2, 0.25) is 0 Å². The number of alkyl halides is 1. The molecule has 0 bridgehead atoms. The maximum Gasteiger partial charge on any atom is 0.410 e. The molecule has 1 unspecified atom stereocenters. The second-order valence-corrected chi connectivity index (χ2v) is 8.23. The number of hydrogen-bond acceptors (Lipinski definition) is 3. The molecule has 1 amide bonds. The fraction of sp³-hybridized carbons (Fsp3) is 0.941. The molecule has 132 valence electrons. The topological polar surface area (TPSA) is 38.8 Å². The lowest BCUT2D eigenvalue weighted by atomic mass is 10.1. The maximum absolute atomic E-state index is 12.2. The first kappa shape index (κ1) is 22.0. The van der Waals surface area contributed by atoms with E-state index in [9.17, 15) is 4.79 Å². The van der Waals surface area contributed by atoms with Gasteiger partial charge in [0.05, 0.1) is 12.1 Å². The molecule has 0 aromatic heterocycles. The van der Waals surface area contributed by atoms with E-state index in [0.717, 1.165) is 17.5 Å². The number of likely N-dealkylation sites (N-methyl/N-ethyl adjacent to an activating group) is 1. The monoisotopic (exact) mass is 427 g/mol. The molecule has 5 heteroatoms. The summed E-state index contributed by atoms with van der Waals surface area (Å²) in [5.74, 6) is 0.698. The standard InChI is InChI=1S/C17H34INO3/c1-8-19(15(20)22-16(4,5)6)13-17(7,12-18)21-11-9-10-14(2)3/h14H,8-13H2,1-7H3. The van der Waals surface area contributed by atoms with Gasteiger partial charge in [-0.15, -0.1) is 0 Å². The normalized spacial score (nSPS) is 14.8. The minimum atomic E-state index is -0.469. The fourth-order valence-corrected chi connectivity index (χ4v) is 2.43. The van der Waals surface area contributed by atoms with Crippen molar-refractivity contribution in [3.63, 3.8) is 0 Å². The highest BCUT2D eigenvalue weighted by Gasteiger charge is 2.30. The lowest BCUT2D eigenvalue weighted by Crippen LogP contribution is -2.48. The van der Waals surface area contributed by atoms with Crippen LogP contribution in [-0.2, 0) is 9.47 Å². The fourth-order valence-electron chi connectivity index (χ4n) is 1.97. The average Bonchev–Trinajstić information content (AvgIpc) is 2.39. The van der Waals surface area contributed by atoms with Crippen LogP contribution in [-0.4, -0.2) is 46.3 Å². The Morgan fingerprint density at radius 3 is 2.23 bits per heavy atom. The molecule has 0 radical (unpaired) electrons. The molecule has 0 saturated carbocycles. The summed E-state index contributed by atoms with van der Waals surface area (Å²) in [6.45, 7) is 16.1. The molecule has 4 nitrogen and oxygen atoms in total. The van der Waals surface area contributed by atoms with Crippen LogP contribution in [0, 0.1) is 5.92 Å². The summed E-state index contributed by atoms with van der Waals surface area (Å²) in [6, 6.07) is 0. The van der Waals surface area contributed by atoms with Crippen molar-refractivity contribution in [2.24, 2.45) is 5.92 Å². The third-order valence-electron chi connectivity index (χ3n) is 3.22. The van der Waals surface area contributed by atoms with E-state index in [-0.39, 0.29) is 11.7 Å². The third kappa shape index (κ3) is 9.87. The zero-order chi connectivity index (χ0) is 17.4. The summed E-state index contributed by atoms with van der Waals surface area (Å²) in [5.41, 5.74) is -0.798. The maximum atomic E-state index is 12.2. The third-order valence-corrected chi connectivity index (χ3v) is 4.83. The van der Waals surface area contributed by atoms with Crippen LogP contribution in [0.25, 0.3) is 0 Å². The van der Waals surface area contributed by atoms with Crippen molar-refractivity contribution in [2.75, 3.05) is 24.1 Å². The molecular formula is C17H34INO3. The molecule has 0 aliphatic heterocycles. The predicted octanol–water partition coefficient (Wildman–Crippen LogP) is 4.89. The summed E-state index contributed by atoms with van der Waals surface area (Å²) in [7, 11) is 0. The highest BCUT2D eigenvalue weighted by Crippen LogP contribution is 2.19. The lowest BCUT2D eigenvalue weighted by molar-refractivity contribution is -0.0428. The largest absolute Gasteiger partial charge is 0.444 e. The number of nitrogens with zero attached hydrogens (tertiary/aromatic N) is 1.